The van der Waals surface area contributed by atoms with Crippen LogP contribution in [0.15, 0.2) is 12.4 Å². The Hall–Kier alpha value is -0.910. The molecular formula is C13H27N5. The fraction of sp³-hybridized carbons (Fsp3) is 0.769. The molecule has 0 aromatic carbocycles. The van der Waals surface area contributed by atoms with Crippen LogP contribution in [0.1, 0.15) is 24.9 Å². The first-order valence-electron chi connectivity index (χ1n) is 6.64. The molecule has 0 spiro atoms. The monoisotopic (exact) mass is 253 g/mol. The van der Waals surface area contributed by atoms with E-state index in [1.807, 2.05) is 19.4 Å². The number of aromatic nitrogens is 2. The Morgan fingerprint density at radius 2 is 2.11 bits per heavy atom. The predicted molar refractivity (Wildman–Crippen MR) is 75.4 cm³/mol. The molecule has 18 heavy (non-hydrogen) atoms. The first-order valence-corrected chi connectivity index (χ1v) is 6.64. The van der Waals surface area contributed by atoms with Crippen molar-refractivity contribution in [2.75, 3.05) is 40.3 Å². The molecule has 0 amide bonds. The predicted octanol–water partition coefficient (Wildman–Crippen LogP) is 0.694. The Labute approximate surface area is 111 Å². The van der Waals surface area contributed by atoms with E-state index in [0.717, 1.165) is 31.7 Å². The highest BCUT2D eigenvalue weighted by Crippen LogP contribution is 2.10. The van der Waals surface area contributed by atoms with Crippen LogP contribution in [0.2, 0.25) is 0 Å². The number of likely N-dealkylation sites (N-methyl/N-ethyl adjacent to an activating group) is 1. The summed E-state index contributed by atoms with van der Waals surface area (Å²) in [5.74, 6) is 0. The van der Waals surface area contributed by atoms with E-state index in [1.54, 1.807) is 4.68 Å². The van der Waals surface area contributed by atoms with Gasteiger partial charge in [-0.1, -0.05) is 6.92 Å². The van der Waals surface area contributed by atoms with Gasteiger partial charge in [0.2, 0.25) is 0 Å². The van der Waals surface area contributed by atoms with Gasteiger partial charge in [-0.3, -0.25) is 4.68 Å². The van der Waals surface area contributed by atoms with Crippen molar-refractivity contribution in [2.24, 2.45) is 12.8 Å². The van der Waals surface area contributed by atoms with Gasteiger partial charge in [-0.05, 0) is 40.2 Å². The van der Waals surface area contributed by atoms with Gasteiger partial charge in [0.1, 0.15) is 0 Å². The van der Waals surface area contributed by atoms with Crippen molar-refractivity contribution in [3.8, 4) is 0 Å². The van der Waals surface area contributed by atoms with Crippen molar-refractivity contribution in [3.05, 3.63) is 18.0 Å². The minimum absolute atomic E-state index is 0.0537. The largest absolute Gasteiger partial charge is 0.323 e. The SMILES string of the molecule is CCN(CCCN(C)C)CC(N)c1cnn(C)c1. The van der Waals surface area contributed by atoms with Gasteiger partial charge in [-0.25, -0.2) is 0 Å². The average Bonchev–Trinajstić information content (AvgIpc) is 2.74. The summed E-state index contributed by atoms with van der Waals surface area (Å²) >= 11 is 0. The van der Waals surface area contributed by atoms with Gasteiger partial charge >= 0.3 is 0 Å². The van der Waals surface area contributed by atoms with Crippen molar-refractivity contribution in [2.45, 2.75) is 19.4 Å². The molecule has 0 radical (unpaired) electrons. The fourth-order valence-corrected chi connectivity index (χ4v) is 2.00. The molecule has 1 aromatic heterocycles. The average molecular weight is 253 g/mol. The maximum atomic E-state index is 6.21. The molecule has 2 N–H and O–H groups in total. The summed E-state index contributed by atoms with van der Waals surface area (Å²) in [6.45, 7) is 6.35. The molecule has 1 atom stereocenters. The quantitative estimate of drug-likeness (QED) is 0.741. The minimum Gasteiger partial charge on any atom is -0.323 e. The fourth-order valence-electron chi connectivity index (χ4n) is 2.00. The number of rotatable bonds is 8. The summed E-state index contributed by atoms with van der Waals surface area (Å²) in [6.07, 6.45) is 5.04. The van der Waals surface area contributed by atoms with Crippen molar-refractivity contribution < 1.29 is 0 Å². The van der Waals surface area contributed by atoms with Gasteiger partial charge in [0.15, 0.2) is 0 Å². The molecule has 0 bridgehead atoms. The molecular weight excluding hydrogens is 226 g/mol. The van der Waals surface area contributed by atoms with E-state index in [9.17, 15) is 0 Å². The molecule has 0 saturated heterocycles. The van der Waals surface area contributed by atoms with Crippen LogP contribution in [0.4, 0.5) is 0 Å². The van der Waals surface area contributed by atoms with Crippen LogP contribution < -0.4 is 5.73 Å². The van der Waals surface area contributed by atoms with Crippen molar-refractivity contribution in [1.82, 2.24) is 19.6 Å². The lowest BCUT2D eigenvalue weighted by Gasteiger charge is -2.24. The number of hydrogen-bond acceptors (Lipinski definition) is 4. The summed E-state index contributed by atoms with van der Waals surface area (Å²) in [5, 5.41) is 4.17. The Kier molecular flexibility index (Phi) is 6.32. The standard InChI is InChI=1S/C13H27N5/c1-5-18(8-6-7-16(2)3)11-13(14)12-9-15-17(4)10-12/h9-10,13H,5-8,11,14H2,1-4H3. The maximum absolute atomic E-state index is 6.21. The number of nitrogens with zero attached hydrogens (tertiary/aromatic N) is 4. The van der Waals surface area contributed by atoms with Crippen molar-refractivity contribution in [1.29, 1.82) is 0 Å². The van der Waals surface area contributed by atoms with Crippen LogP contribution >= 0.6 is 0 Å². The highest BCUT2D eigenvalue weighted by molar-refractivity contribution is 5.09. The third-order valence-corrected chi connectivity index (χ3v) is 3.13. The lowest BCUT2D eigenvalue weighted by atomic mass is 10.1. The molecule has 0 aliphatic rings. The van der Waals surface area contributed by atoms with E-state index in [4.69, 9.17) is 5.73 Å². The zero-order chi connectivity index (χ0) is 13.5. The molecule has 104 valence electrons. The van der Waals surface area contributed by atoms with Crippen LogP contribution in [-0.2, 0) is 7.05 Å². The van der Waals surface area contributed by atoms with Crippen LogP contribution in [0, 0.1) is 0 Å². The third-order valence-electron chi connectivity index (χ3n) is 3.13. The first kappa shape index (κ1) is 15.1. The molecule has 0 aliphatic heterocycles. The van der Waals surface area contributed by atoms with Crippen LogP contribution in [0.25, 0.3) is 0 Å². The summed E-state index contributed by atoms with van der Waals surface area (Å²) < 4.78 is 1.80. The highest BCUT2D eigenvalue weighted by atomic mass is 15.2. The van der Waals surface area contributed by atoms with Crippen LogP contribution in [0.3, 0.4) is 0 Å². The van der Waals surface area contributed by atoms with Crippen molar-refractivity contribution >= 4 is 0 Å². The second-order valence-corrected chi connectivity index (χ2v) is 5.10. The van der Waals surface area contributed by atoms with E-state index < -0.39 is 0 Å². The first-order chi connectivity index (χ1) is 8.52. The van der Waals surface area contributed by atoms with Crippen LogP contribution in [-0.4, -0.2) is 59.9 Å². The Morgan fingerprint density at radius 1 is 1.39 bits per heavy atom. The highest BCUT2D eigenvalue weighted by Gasteiger charge is 2.12. The van der Waals surface area contributed by atoms with E-state index in [2.05, 4.69) is 35.9 Å². The summed E-state index contributed by atoms with van der Waals surface area (Å²) in [5.41, 5.74) is 7.33. The molecule has 0 fully saturated rings. The second-order valence-electron chi connectivity index (χ2n) is 5.10. The van der Waals surface area contributed by atoms with Gasteiger partial charge < -0.3 is 15.5 Å². The smallest absolute Gasteiger partial charge is 0.0537 e. The molecule has 1 aromatic rings. The number of hydrogen-bond donors (Lipinski definition) is 1. The second kappa shape index (κ2) is 7.51. The van der Waals surface area contributed by atoms with E-state index in [1.165, 1.54) is 6.42 Å². The van der Waals surface area contributed by atoms with Crippen molar-refractivity contribution in [3.63, 3.8) is 0 Å². The lowest BCUT2D eigenvalue weighted by molar-refractivity contribution is 0.252. The molecule has 5 nitrogen and oxygen atoms in total. The minimum atomic E-state index is 0.0537. The molecule has 5 heteroatoms. The Morgan fingerprint density at radius 3 is 2.61 bits per heavy atom. The Balaban J connectivity index is 2.37. The van der Waals surface area contributed by atoms with E-state index >= 15 is 0 Å². The van der Waals surface area contributed by atoms with Crippen LogP contribution in [0.5, 0.6) is 0 Å². The molecule has 0 saturated carbocycles. The van der Waals surface area contributed by atoms with Gasteiger partial charge in [-0.15, -0.1) is 0 Å². The third kappa shape index (κ3) is 5.16. The molecule has 1 rings (SSSR count). The van der Waals surface area contributed by atoms with E-state index in [-0.39, 0.29) is 6.04 Å². The molecule has 0 aliphatic carbocycles. The topological polar surface area (TPSA) is 50.3 Å². The lowest BCUT2D eigenvalue weighted by Crippen LogP contribution is -2.34. The Bertz CT molecular complexity index is 334. The van der Waals surface area contributed by atoms with Gasteiger partial charge in [0, 0.05) is 31.4 Å². The summed E-state index contributed by atoms with van der Waals surface area (Å²) in [4.78, 5) is 4.62. The zero-order valence-corrected chi connectivity index (χ0v) is 12.1. The van der Waals surface area contributed by atoms with E-state index in [0.29, 0.717) is 0 Å². The van der Waals surface area contributed by atoms with Gasteiger partial charge in [-0.2, -0.15) is 5.10 Å². The molecule has 1 heterocycles. The summed E-state index contributed by atoms with van der Waals surface area (Å²) in [6, 6.07) is 0.0537. The van der Waals surface area contributed by atoms with Gasteiger partial charge in [0.05, 0.1) is 6.20 Å². The number of aryl methyl sites for hydroxylation is 1. The molecule has 1 unspecified atom stereocenters. The maximum Gasteiger partial charge on any atom is 0.0537 e. The number of nitrogens with two attached hydrogens (primary N) is 1. The normalized spacial score (nSPS) is 13.5. The zero-order valence-electron chi connectivity index (χ0n) is 12.1. The summed E-state index contributed by atoms with van der Waals surface area (Å²) in [7, 11) is 6.14. The van der Waals surface area contributed by atoms with Gasteiger partial charge in [0.25, 0.3) is 0 Å².